The predicted molar refractivity (Wildman–Crippen MR) is 157 cm³/mol. The van der Waals surface area contributed by atoms with E-state index in [1.807, 2.05) is 24.8 Å². The molecule has 43 heavy (non-hydrogen) atoms. The van der Waals surface area contributed by atoms with E-state index in [9.17, 15) is 8.78 Å². The van der Waals surface area contributed by atoms with Gasteiger partial charge in [-0.1, -0.05) is 0 Å². The topological polar surface area (TPSA) is 82.2 Å². The monoisotopic (exact) mass is 597 g/mol. The van der Waals surface area contributed by atoms with Crippen LogP contribution in [0.5, 0.6) is 6.01 Å². The molecular formula is C31H35F4N7O. The van der Waals surface area contributed by atoms with Gasteiger partial charge in [0.05, 0.1) is 22.7 Å². The van der Waals surface area contributed by atoms with Crippen LogP contribution in [-0.4, -0.2) is 82.9 Å². The summed E-state index contributed by atoms with van der Waals surface area (Å²) in [5.41, 5.74) is 0.702. The summed E-state index contributed by atoms with van der Waals surface area (Å²) in [6, 6.07) is 3.17. The Balaban J connectivity index is 1.39. The molecule has 2 bridgehead atoms. The van der Waals surface area contributed by atoms with E-state index in [1.165, 1.54) is 6.07 Å². The number of hydrogen-bond donors (Lipinski definition) is 2. The molecule has 8 nitrogen and oxygen atoms in total. The molecule has 2 N–H and O–H groups in total. The fourth-order valence-electron chi connectivity index (χ4n) is 7.21. The molecule has 1 aliphatic carbocycles. The van der Waals surface area contributed by atoms with E-state index in [1.54, 1.807) is 25.2 Å². The number of H-pyrrole nitrogens is 1. The quantitative estimate of drug-likeness (QED) is 0.278. The van der Waals surface area contributed by atoms with Crippen LogP contribution < -0.4 is 15.0 Å². The largest absolute Gasteiger partial charge is 0.463 e. The van der Waals surface area contributed by atoms with Crippen LogP contribution in [0.1, 0.15) is 37.3 Å². The molecule has 4 aromatic rings. The standard InChI is InChI=1S/C31H35F4N7O/c1-16-8-22-20(10-36-40-22)23(17(16)2)24-21(32)9-19-26(25(24)33)37-28(43-15-30(14-41(4)5)12-31(30,34)35)38-27(19)42-11-18-6-7-29(3,13-42)39-18/h8-10,18,39H,6-7,11-15H2,1-5H3,(H,36,40)/t18-,29+,30-/m1/s1. The van der Waals surface area contributed by atoms with Crippen LogP contribution in [-0.2, 0) is 0 Å². The average Bonchev–Trinajstić information content (AvgIpc) is 3.20. The number of anilines is 1. The second-order valence-corrected chi connectivity index (χ2v) is 13.3. The normalized spacial score (nSPS) is 26.2. The van der Waals surface area contributed by atoms with Crippen molar-refractivity contribution in [3.8, 4) is 17.1 Å². The van der Waals surface area contributed by atoms with E-state index >= 15 is 8.78 Å². The molecule has 228 valence electrons. The third kappa shape index (κ3) is 4.52. The van der Waals surface area contributed by atoms with Gasteiger partial charge in [0, 0.05) is 54.0 Å². The first-order chi connectivity index (χ1) is 20.3. The van der Waals surface area contributed by atoms with Crippen LogP contribution in [0, 0.1) is 30.9 Å². The van der Waals surface area contributed by atoms with Crippen LogP contribution in [0.4, 0.5) is 23.4 Å². The maximum Gasteiger partial charge on any atom is 0.319 e. The molecule has 0 unspecified atom stereocenters. The number of nitrogens with one attached hydrogen (secondary N) is 2. The van der Waals surface area contributed by atoms with Crippen LogP contribution in [0.15, 0.2) is 18.3 Å². The Hall–Kier alpha value is -3.51. The van der Waals surface area contributed by atoms with Crippen molar-refractivity contribution in [1.82, 2.24) is 30.4 Å². The number of hydrogen-bond acceptors (Lipinski definition) is 7. The lowest BCUT2D eigenvalue weighted by atomic mass is 9.92. The van der Waals surface area contributed by atoms with Gasteiger partial charge in [-0.15, -0.1) is 0 Å². The van der Waals surface area contributed by atoms with Gasteiger partial charge < -0.3 is 19.9 Å². The summed E-state index contributed by atoms with van der Waals surface area (Å²) in [4.78, 5) is 12.7. The molecule has 3 fully saturated rings. The van der Waals surface area contributed by atoms with E-state index < -0.39 is 23.0 Å². The van der Waals surface area contributed by atoms with Gasteiger partial charge in [0.25, 0.3) is 5.92 Å². The van der Waals surface area contributed by atoms with Gasteiger partial charge >= 0.3 is 6.01 Å². The number of piperazine rings is 1. The maximum absolute atomic E-state index is 16.7. The van der Waals surface area contributed by atoms with Gasteiger partial charge in [0.1, 0.15) is 23.8 Å². The van der Waals surface area contributed by atoms with Crippen LogP contribution in [0.25, 0.3) is 32.9 Å². The van der Waals surface area contributed by atoms with Crippen molar-refractivity contribution in [2.45, 2.75) is 57.5 Å². The van der Waals surface area contributed by atoms with Crippen LogP contribution >= 0.6 is 0 Å². The second-order valence-electron chi connectivity index (χ2n) is 13.3. The van der Waals surface area contributed by atoms with E-state index in [0.29, 0.717) is 40.9 Å². The van der Waals surface area contributed by atoms with Gasteiger partial charge in [-0.25, -0.2) is 17.6 Å². The number of alkyl halides is 2. The summed E-state index contributed by atoms with van der Waals surface area (Å²) in [5.74, 6) is -4.15. The Bertz CT molecular complexity index is 1770. The zero-order valence-corrected chi connectivity index (χ0v) is 24.9. The van der Waals surface area contributed by atoms with Crippen molar-refractivity contribution in [2.24, 2.45) is 5.41 Å². The lowest BCUT2D eigenvalue weighted by molar-refractivity contribution is 0.0288. The number of ether oxygens (including phenoxy) is 1. The molecule has 7 rings (SSSR count). The Kier molecular flexibility index (Phi) is 6.24. The van der Waals surface area contributed by atoms with Gasteiger partial charge in [-0.3, -0.25) is 5.10 Å². The molecule has 2 aromatic carbocycles. The smallest absolute Gasteiger partial charge is 0.319 e. The van der Waals surface area contributed by atoms with Crippen molar-refractivity contribution in [2.75, 3.05) is 45.2 Å². The lowest BCUT2D eigenvalue weighted by Gasteiger charge is -2.40. The highest BCUT2D eigenvalue weighted by Crippen LogP contribution is 2.60. The highest BCUT2D eigenvalue weighted by atomic mass is 19.3. The number of aromatic nitrogens is 4. The predicted octanol–water partition coefficient (Wildman–Crippen LogP) is 5.36. The minimum absolute atomic E-state index is 0.116. The third-order valence-corrected chi connectivity index (χ3v) is 9.54. The van der Waals surface area contributed by atoms with Crippen molar-refractivity contribution in [3.05, 3.63) is 41.1 Å². The molecule has 3 atom stereocenters. The first-order valence-corrected chi connectivity index (χ1v) is 14.6. The summed E-state index contributed by atoms with van der Waals surface area (Å²) in [5, 5.41) is 11.4. The number of nitrogens with zero attached hydrogens (tertiary/aromatic N) is 5. The van der Waals surface area contributed by atoms with Crippen molar-refractivity contribution < 1.29 is 22.3 Å². The fourth-order valence-corrected chi connectivity index (χ4v) is 7.21. The van der Waals surface area contributed by atoms with Gasteiger partial charge in [-0.2, -0.15) is 15.1 Å². The van der Waals surface area contributed by atoms with Crippen LogP contribution in [0.2, 0.25) is 0 Å². The number of fused-ring (bicyclic) bond motifs is 4. The van der Waals surface area contributed by atoms with E-state index in [2.05, 4.69) is 32.4 Å². The number of benzene rings is 2. The summed E-state index contributed by atoms with van der Waals surface area (Å²) in [6.45, 7) is 6.76. The lowest BCUT2D eigenvalue weighted by Crippen LogP contribution is -2.58. The number of aryl methyl sites for hydroxylation is 1. The van der Waals surface area contributed by atoms with Gasteiger partial charge in [0.2, 0.25) is 0 Å². The molecule has 4 heterocycles. The molecule has 3 aliphatic rings. The zero-order valence-electron chi connectivity index (χ0n) is 24.9. The van der Waals surface area contributed by atoms with Crippen molar-refractivity contribution >= 4 is 27.6 Å². The summed E-state index contributed by atoms with van der Waals surface area (Å²) in [6.07, 6.45) is 3.18. The Morgan fingerprint density at radius 2 is 1.88 bits per heavy atom. The maximum atomic E-state index is 16.7. The average molecular weight is 598 g/mol. The minimum Gasteiger partial charge on any atom is -0.463 e. The third-order valence-electron chi connectivity index (χ3n) is 9.54. The Morgan fingerprint density at radius 3 is 2.58 bits per heavy atom. The Morgan fingerprint density at radius 1 is 1.12 bits per heavy atom. The first kappa shape index (κ1) is 28.3. The molecular weight excluding hydrogens is 562 g/mol. The number of aromatic amines is 1. The van der Waals surface area contributed by atoms with E-state index in [-0.39, 0.29) is 53.6 Å². The SMILES string of the molecule is Cc1cc2[nH]ncc2c(-c2c(F)cc3c(N4C[C@H]5CC[C@@](C)(C4)N5)nc(OC[C@]4(CN(C)C)CC4(F)F)nc3c2F)c1C. The van der Waals surface area contributed by atoms with Crippen LogP contribution in [0.3, 0.4) is 0 Å². The highest BCUT2D eigenvalue weighted by molar-refractivity contribution is 6.01. The summed E-state index contributed by atoms with van der Waals surface area (Å²) < 4.78 is 67.8. The summed E-state index contributed by atoms with van der Waals surface area (Å²) in [7, 11) is 3.46. The number of rotatable bonds is 7. The molecule has 1 saturated carbocycles. The van der Waals surface area contributed by atoms with Crippen molar-refractivity contribution in [3.63, 3.8) is 0 Å². The molecule has 2 aliphatic heterocycles. The van der Waals surface area contributed by atoms with Gasteiger partial charge in [0.15, 0.2) is 5.82 Å². The molecule has 0 spiro atoms. The minimum atomic E-state index is -2.89. The first-order valence-electron chi connectivity index (χ1n) is 14.6. The van der Waals surface area contributed by atoms with Gasteiger partial charge in [-0.05, 0) is 71.0 Å². The molecule has 2 aromatic heterocycles. The van der Waals surface area contributed by atoms with E-state index in [4.69, 9.17) is 4.74 Å². The fraction of sp³-hybridized carbons (Fsp3) is 0.516. The van der Waals surface area contributed by atoms with Crippen molar-refractivity contribution in [1.29, 1.82) is 0 Å². The number of halogens is 4. The molecule has 0 radical (unpaired) electrons. The van der Waals surface area contributed by atoms with E-state index in [0.717, 1.165) is 18.4 Å². The summed E-state index contributed by atoms with van der Waals surface area (Å²) >= 11 is 0. The highest BCUT2D eigenvalue weighted by Gasteiger charge is 2.71. The Labute approximate surface area is 246 Å². The zero-order chi connectivity index (χ0) is 30.5. The second kappa shape index (κ2) is 9.49. The molecule has 0 amide bonds. The molecule has 2 saturated heterocycles. The molecule has 12 heteroatoms.